The van der Waals surface area contributed by atoms with Crippen molar-refractivity contribution < 1.29 is 19.4 Å². The molecule has 1 atom stereocenters. The molecule has 0 amide bonds. The molecule has 2 aliphatic rings. The second kappa shape index (κ2) is 6.53. The Hall–Kier alpha value is -2.73. The average molecular weight is 367 g/mol. The quantitative estimate of drug-likeness (QED) is 0.828. The SMILES string of the molecule is CCOC(=O)C1=NC2C(=C1c1ccc(OC)cc1O)Sc1ccccc12. The first-order valence-corrected chi connectivity index (χ1v) is 9.09. The van der Waals surface area contributed by atoms with Crippen LogP contribution in [0.3, 0.4) is 0 Å². The van der Waals surface area contributed by atoms with E-state index in [1.807, 2.05) is 24.3 Å². The molecule has 0 saturated carbocycles. The van der Waals surface area contributed by atoms with Crippen molar-refractivity contribution in [2.45, 2.75) is 17.9 Å². The molecule has 2 aliphatic heterocycles. The molecular formula is C20H17NO4S. The predicted octanol–water partition coefficient (Wildman–Crippen LogP) is 3.98. The summed E-state index contributed by atoms with van der Waals surface area (Å²) in [7, 11) is 1.54. The number of carbonyl (C=O) groups excluding carboxylic acids is 1. The summed E-state index contributed by atoms with van der Waals surface area (Å²) in [6, 6.07) is 12.8. The molecule has 0 fully saturated rings. The summed E-state index contributed by atoms with van der Waals surface area (Å²) < 4.78 is 10.4. The van der Waals surface area contributed by atoms with E-state index < -0.39 is 5.97 Å². The van der Waals surface area contributed by atoms with Crippen molar-refractivity contribution in [1.29, 1.82) is 0 Å². The van der Waals surface area contributed by atoms with Gasteiger partial charge in [-0.3, -0.25) is 4.99 Å². The van der Waals surface area contributed by atoms with E-state index in [4.69, 9.17) is 9.47 Å². The van der Waals surface area contributed by atoms with E-state index in [2.05, 4.69) is 4.99 Å². The fourth-order valence-electron chi connectivity index (χ4n) is 3.21. The number of fused-ring (bicyclic) bond motifs is 3. The zero-order valence-corrected chi connectivity index (χ0v) is 15.2. The zero-order chi connectivity index (χ0) is 18.3. The molecule has 0 spiro atoms. The van der Waals surface area contributed by atoms with Gasteiger partial charge in [0.2, 0.25) is 0 Å². The Labute approximate surface area is 155 Å². The van der Waals surface area contributed by atoms with E-state index >= 15 is 0 Å². The summed E-state index contributed by atoms with van der Waals surface area (Å²) in [6.07, 6.45) is 0. The largest absolute Gasteiger partial charge is 0.507 e. The summed E-state index contributed by atoms with van der Waals surface area (Å²) in [5.41, 5.74) is 2.51. The number of phenolic OH excluding ortho intramolecular Hbond substituents is 1. The van der Waals surface area contributed by atoms with Crippen molar-refractivity contribution in [2.75, 3.05) is 13.7 Å². The van der Waals surface area contributed by atoms with Crippen LogP contribution in [0, 0.1) is 0 Å². The van der Waals surface area contributed by atoms with Crippen LogP contribution in [-0.4, -0.2) is 30.5 Å². The van der Waals surface area contributed by atoms with E-state index in [0.29, 0.717) is 16.9 Å². The highest BCUT2D eigenvalue weighted by molar-refractivity contribution is 8.03. The number of rotatable bonds is 4. The lowest BCUT2D eigenvalue weighted by Gasteiger charge is -2.11. The fraction of sp³-hybridized carbons (Fsp3) is 0.200. The third kappa shape index (κ3) is 2.57. The van der Waals surface area contributed by atoms with Gasteiger partial charge < -0.3 is 14.6 Å². The topological polar surface area (TPSA) is 68.1 Å². The third-order valence-electron chi connectivity index (χ3n) is 4.37. The molecule has 0 aliphatic carbocycles. The molecule has 0 aromatic heterocycles. The van der Waals surface area contributed by atoms with Gasteiger partial charge in [-0.05, 0) is 30.7 Å². The molecule has 0 saturated heterocycles. The van der Waals surface area contributed by atoms with E-state index in [9.17, 15) is 9.90 Å². The Morgan fingerprint density at radius 2 is 2.08 bits per heavy atom. The minimum atomic E-state index is -0.474. The molecule has 2 heterocycles. The summed E-state index contributed by atoms with van der Waals surface area (Å²) in [5, 5.41) is 10.5. The van der Waals surface area contributed by atoms with Crippen LogP contribution in [0.15, 0.2) is 57.3 Å². The van der Waals surface area contributed by atoms with Gasteiger partial charge in [0.05, 0.1) is 13.7 Å². The molecule has 4 rings (SSSR count). The van der Waals surface area contributed by atoms with Crippen LogP contribution in [0.25, 0.3) is 5.57 Å². The van der Waals surface area contributed by atoms with Crippen molar-refractivity contribution >= 4 is 29.0 Å². The summed E-state index contributed by atoms with van der Waals surface area (Å²) in [6.45, 7) is 2.03. The number of nitrogens with zero attached hydrogens (tertiary/aromatic N) is 1. The van der Waals surface area contributed by atoms with Crippen LogP contribution >= 0.6 is 11.8 Å². The zero-order valence-electron chi connectivity index (χ0n) is 14.4. The van der Waals surface area contributed by atoms with E-state index in [1.54, 1.807) is 30.8 Å². The summed E-state index contributed by atoms with van der Waals surface area (Å²) in [4.78, 5) is 19.2. The highest BCUT2D eigenvalue weighted by Gasteiger charge is 2.40. The highest BCUT2D eigenvalue weighted by Crippen LogP contribution is 2.56. The van der Waals surface area contributed by atoms with Crippen molar-refractivity contribution in [2.24, 2.45) is 4.99 Å². The van der Waals surface area contributed by atoms with E-state index in [-0.39, 0.29) is 24.1 Å². The minimum absolute atomic E-state index is 0.0426. The van der Waals surface area contributed by atoms with Gasteiger partial charge in [0.1, 0.15) is 17.5 Å². The third-order valence-corrected chi connectivity index (χ3v) is 5.61. The molecular weight excluding hydrogens is 350 g/mol. The number of benzene rings is 2. The van der Waals surface area contributed by atoms with Crippen molar-refractivity contribution in [3.63, 3.8) is 0 Å². The number of aliphatic imine (C=N–C) groups is 1. The lowest BCUT2D eigenvalue weighted by Crippen LogP contribution is -2.18. The number of methoxy groups -OCH3 is 1. The molecule has 132 valence electrons. The normalized spacial score (nSPS) is 17.6. The van der Waals surface area contributed by atoms with Gasteiger partial charge in [0, 0.05) is 27.0 Å². The van der Waals surface area contributed by atoms with Gasteiger partial charge in [-0.1, -0.05) is 30.0 Å². The first-order valence-electron chi connectivity index (χ1n) is 8.27. The lowest BCUT2D eigenvalue weighted by atomic mass is 9.98. The maximum Gasteiger partial charge on any atom is 0.357 e. The van der Waals surface area contributed by atoms with Crippen LogP contribution in [-0.2, 0) is 9.53 Å². The number of aromatic hydroxyl groups is 1. The van der Waals surface area contributed by atoms with Crippen LogP contribution < -0.4 is 4.74 Å². The fourth-order valence-corrected chi connectivity index (χ4v) is 4.49. The van der Waals surface area contributed by atoms with Crippen molar-refractivity contribution in [1.82, 2.24) is 0 Å². The van der Waals surface area contributed by atoms with Crippen molar-refractivity contribution in [3.05, 3.63) is 58.5 Å². The molecule has 0 radical (unpaired) electrons. The number of phenols is 1. The van der Waals surface area contributed by atoms with Gasteiger partial charge in [0.15, 0.2) is 5.71 Å². The Balaban J connectivity index is 1.88. The second-order valence-corrected chi connectivity index (χ2v) is 6.95. The summed E-state index contributed by atoms with van der Waals surface area (Å²) in [5.74, 6) is 0.113. The van der Waals surface area contributed by atoms with Crippen LogP contribution in [0.2, 0.25) is 0 Å². The highest BCUT2D eigenvalue weighted by atomic mass is 32.2. The molecule has 1 N–H and O–H groups in total. The van der Waals surface area contributed by atoms with Crippen LogP contribution in [0.1, 0.15) is 24.1 Å². The average Bonchev–Trinajstić information content (AvgIpc) is 3.18. The number of hydrogen-bond acceptors (Lipinski definition) is 6. The number of ether oxygens (including phenoxy) is 2. The molecule has 26 heavy (non-hydrogen) atoms. The molecule has 1 unspecified atom stereocenters. The van der Waals surface area contributed by atoms with Gasteiger partial charge in [-0.15, -0.1) is 0 Å². The maximum atomic E-state index is 12.5. The molecule has 0 bridgehead atoms. The Morgan fingerprint density at radius 3 is 2.81 bits per heavy atom. The lowest BCUT2D eigenvalue weighted by molar-refractivity contribution is -0.134. The Bertz CT molecular complexity index is 964. The maximum absolute atomic E-state index is 12.5. The summed E-state index contributed by atoms with van der Waals surface area (Å²) >= 11 is 1.58. The van der Waals surface area contributed by atoms with E-state index in [1.165, 1.54) is 13.2 Å². The smallest absolute Gasteiger partial charge is 0.357 e. The second-order valence-electron chi connectivity index (χ2n) is 5.86. The number of hydrogen-bond donors (Lipinski definition) is 1. The molecule has 2 aromatic carbocycles. The first kappa shape index (κ1) is 16.7. The van der Waals surface area contributed by atoms with Gasteiger partial charge >= 0.3 is 5.97 Å². The molecule has 6 heteroatoms. The van der Waals surface area contributed by atoms with E-state index in [0.717, 1.165) is 15.4 Å². The Kier molecular flexibility index (Phi) is 4.20. The molecule has 5 nitrogen and oxygen atoms in total. The van der Waals surface area contributed by atoms with Gasteiger partial charge in [-0.2, -0.15) is 0 Å². The van der Waals surface area contributed by atoms with Crippen LogP contribution in [0.4, 0.5) is 0 Å². The Morgan fingerprint density at radius 1 is 1.27 bits per heavy atom. The number of thioether (sulfide) groups is 1. The first-order chi connectivity index (χ1) is 12.6. The van der Waals surface area contributed by atoms with Gasteiger partial charge in [-0.25, -0.2) is 4.79 Å². The number of esters is 1. The van der Waals surface area contributed by atoms with Crippen LogP contribution in [0.5, 0.6) is 11.5 Å². The monoisotopic (exact) mass is 367 g/mol. The van der Waals surface area contributed by atoms with Gasteiger partial charge in [0.25, 0.3) is 0 Å². The van der Waals surface area contributed by atoms with Crippen molar-refractivity contribution in [3.8, 4) is 11.5 Å². The molecule has 2 aromatic rings. The minimum Gasteiger partial charge on any atom is -0.507 e. The standard InChI is InChI=1S/C20H17NO4S/c1-3-25-20(23)18-16(12-9-8-11(24-2)10-14(12)22)19-17(21-18)13-6-4-5-7-15(13)26-19/h4-10,17,22H,3H2,1-2H3. The predicted molar refractivity (Wildman–Crippen MR) is 101 cm³/mol. The number of carbonyl (C=O) groups is 1.